The summed E-state index contributed by atoms with van der Waals surface area (Å²) in [4.78, 5) is 27.0. The van der Waals surface area contributed by atoms with Crippen LogP contribution in [0.5, 0.6) is 0 Å². The van der Waals surface area contributed by atoms with E-state index in [0.717, 1.165) is 11.1 Å². The Balaban J connectivity index is 2.50. The summed E-state index contributed by atoms with van der Waals surface area (Å²) in [5.41, 5.74) is 2.85. The van der Waals surface area contributed by atoms with E-state index in [-0.39, 0.29) is 0 Å². The molecule has 0 amide bonds. The molecule has 0 fully saturated rings. The Hall–Kier alpha value is -2.20. The number of halogens is 1. The average molecular weight is 290 g/mol. The number of aromatic nitrogens is 1. The van der Waals surface area contributed by atoms with E-state index in [1.807, 2.05) is 6.07 Å². The molecule has 0 aliphatic carbocycles. The van der Waals surface area contributed by atoms with Crippen molar-refractivity contribution in [3.8, 4) is 11.1 Å². The summed E-state index contributed by atoms with van der Waals surface area (Å²) in [6, 6.07) is 8.51. The van der Waals surface area contributed by atoms with Crippen molar-refractivity contribution < 1.29 is 14.3 Å². The fourth-order valence-electron chi connectivity index (χ4n) is 1.83. The van der Waals surface area contributed by atoms with E-state index < -0.39 is 11.2 Å². The van der Waals surface area contributed by atoms with Crippen LogP contribution >= 0.6 is 11.6 Å². The molecule has 0 spiro atoms. The first-order valence-corrected chi connectivity index (χ1v) is 6.26. The van der Waals surface area contributed by atoms with Crippen LogP contribution in [-0.4, -0.2) is 23.3 Å². The van der Waals surface area contributed by atoms with Gasteiger partial charge in [-0.15, -0.1) is 0 Å². The molecule has 1 aromatic carbocycles. The lowest BCUT2D eigenvalue weighted by Crippen LogP contribution is -2.05. The van der Waals surface area contributed by atoms with Crippen LogP contribution in [-0.2, 0) is 4.74 Å². The van der Waals surface area contributed by atoms with Crippen molar-refractivity contribution in [3.05, 3.63) is 53.3 Å². The molecule has 0 saturated heterocycles. The van der Waals surface area contributed by atoms with E-state index in [1.165, 1.54) is 7.11 Å². The van der Waals surface area contributed by atoms with Gasteiger partial charge in [0.1, 0.15) is 0 Å². The van der Waals surface area contributed by atoms with Crippen molar-refractivity contribution in [1.29, 1.82) is 0 Å². The molecule has 5 heteroatoms. The third kappa shape index (κ3) is 2.86. The number of nitrogens with zero attached hydrogens (tertiary/aromatic N) is 1. The van der Waals surface area contributed by atoms with Gasteiger partial charge >= 0.3 is 5.97 Å². The maximum Gasteiger partial charge on any atom is 0.339 e. The van der Waals surface area contributed by atoms with Gasteiger partial charge in [-0.25, -0.2) is 4.79 Å². The molecule has 4 nitrogen and oxygen atoms in total. The van der Waals surface area contributed by atoms with E-state index in [9.17, 15) is 9.59 Å². The lowest BCUT2D eigenvalue weighted by Gasteiger charge is -2.07. The predicted octanol–water partition coefficient (Wildman–Crippen LogP) is 3.22. The predicted molar refractivity (Wildman–Crippen MR) is 75.9 cm³/mol. The highest BCUT2D eigenvalue weighted by Crippen LogP contribution is 2.23. The third-order valence-electron chi connectivity index (χ3n) is 2.92. The summed E-state index contributed by atoms with van der Waals surface area (Å²) in [7, 11) is 1.32. The number of hydrogen-bond donors (Lipinski definition) is 0. The first-order valence-electron chi connectivity index (χ1n) is 5.88. The first-order chi connectivity index (χ1) is 9.52. The van der Waals surface area contributed by atoms with Crippen LogP contribution in [0.25, 0.3) is 11.1 Å². The molecule has 0 aliphatic rings. The van der Waals surface area contributed by atoms with Crippen molar-refractivity contribution >= 4 is 22.8 Å². The number of carbonyl (C=O) groups is 2. The zero-order valence-electron chi connectivity index (χ0n) is 11.0. The van der Waals surface area contributed by atoms with Gasteiger partial charge in [0, 0.05) is 17.3 Å². The zero-order chi connectivity index (χ0) is 14.7. The Labute approximate surface area is 121 Å². The topological polar surface area (TPSA) is 56.3 Å². The first kappa shape index (κ1) is 14.2. The number of benzene rings is 1. The molecule has 0 atom stereocenters. The van der Waals surface area contributed by atoms with Gasteiger partial charge in [-0.05, 0) is 36.2 Å². The van der Waals surface area contributed by atoms with Gasteiger partial charge in [0.2, 0.25) is 0 Å². The second kappa shape index (κ2) is 5.84. The van der Waals surface area contributed by atoms with Crippen LogP contribution in [0.1, 0.15) is 26.4 Å². The average Bonchev–Trinajstić information content (AvgIpc) is 2.47. The minimum Gasteiger partial charge on any atom is -0.465 e. The van der Waals surface area contributed by atoms with E-state index in [1.54, 1.807) is 37.4 Å². The zero-order valence-corrected chi connectivity index (χ0v) is 11.8. The standard InChI is InChI=1S/C15H12ClNO3/c1-9-13(15(19)20-2)7-12(8-17-9)10-4-3-5-11(6-10)14(16)18/h3-8H,1-2H3. The maximum absolute atomic E-state index is 11.7. The molecule has 20 heavy (non-hydrogen) atoms. The molecular weight excluding hydrogens is 278 g/mol. The molecule has 2 rings (SSSR count). The highest BCUT2D eigenvalue weighted by molar-refractivity contribution is 6.67. The van der Waals surface area contributed by atoms with E-state index >= 15 is 0 Å². The Kier molecular flexibility index (Phi) is 4.15. The number of pyridine rings is 1. The van der Waals surface area contributed by atoms with E-state index in [2.05, 4.69) is 4.98 Å². The van der Waals surface area contributed by atoms with Crippen molar-refractivity contribution in [2.75, 3.05) is 7.11 Å². The maximum atomic E-state index is 11.7. The summed E-state index contributed by atoms with van der Waals surface area (Å²) in [6.07, 6.45) is 1.64. The van der Waals surface area contributed by atoms with Crippen molar-refractivity contribution in [1.82, 2.24) is 4.98 Å². The van der Waals surface area contributed by atoms with Gasteiger partial charge in [0.05, 0.1) is 18.4 Å². The van der Waals surface area contributed by atoms with Crippen LogP contribution in [0.15, 0.2) is 36.5 Å². The Bertz CT molecular complexity index is 683. The molecular formula is C15H12ClNO3. The molecule has 0 N–H and O–H groups in total. The molecule has 1 heterocycles. The van der Waals surface area contributed by atoms with Crippen LogP contribution in [0.3, 0.4) is 0 Å². The van der Waals surface area contributed by atoms with Crippen molar-refractivity contribution in [2.24, 2.45) is 0 Å². The monoisotopic (exact) mass is 289 g/mol. The highest BCUT2D eigenvalue weighted by atomic mass is 35.5. The molecule has 1 aromatic heterocycles. The highest BCUT2D eigenvalue weighted by Gasteiger charge is 2.12. The van der Waals surface area contributed by atoms with Crippen molar-refractivity contribution in [2.45, 2.75) is 6.92 Å². The second-order valence-corrected chi connectivity index (χ2v) is 4.55. The van der Waals surface area contributed by atoms with E-state index in [0.29, 0.717) is 16.8 Å². The summed E-state index contributed by atoms with van der Waals surface area (Å²) >= 11 is 5.46. The summed E-state index contributed by atoms with van der Waals surface area (Å²) in [5, 5.41) is -0.528. The molecule has 0 unspecified atom stereocenters. The van der Waals surface area contributed by atoms with Gasteiger partial charge in [-0.2, -0.15) is 0 Å². The van der Waals surface area contributed by atoms with Gasteiger partial charge in [-0.1, -0.05) is 18.2 Å². The van der Waals surface area contributed by atoms with Crippen LogP contribution in [0.2, 0.25) is 0 Å². The van der Waals surface area contributed by atoms with Crippen LogP contribution in [0.4, 0.5) is 0 Å². The Morgan fingerprint density at radius 1 is 1.20 bits per heavy atom. The quantitative estimate of drug-likeness (QED) is 0.643. The van der Waals surface area contributed by atoms with Crippen LogP contribution in [0, 0.1) is 6.92 Å². The molecule has 0 radical (unpaired) electrons. The smallest absolute Gasteiger partial charge is 0.339 e. The van der Waals surface area contributed by atoms with Gasteiger partial charge < -0.3 is 4.74 Å². The molecule has 0 bridgehead atoms. The van der Waals surface area contributed by atoms with E-state index in [4.69, 9.17) is 16.3 Å². The summed E-state index contributed by atoms with van der Waals surface area (Å²) in [5.74, 6) is -0.443. The largest absolute Gasteiger partial charge is 0.465 e. The van der Waals surface area contributed by atoms with Gasteiger partial charge in [0.25, 0.3) is 5.24 Å². The fourth-order valence-corrected chi connectivity index (χ4v) is 1.95. The van der Waals surface area contributed by atoms with Crippen LogP contribution < -0.4 is 0 Å². The molecule has 0 aliphatic heterocycles. The Morgan fingerprint density at radius 2 is 1.95 bits per heavy atom. The number of methoxy groups -OCH3 is 1. The second-order valence-electron chi connectivity index (χ2n) is 4.20. The molecule has 0 saturated carbocycles. The number of esters is 1. The summed E-state index contributed by atoms with van der Waals surface area (Å²) < 4.78 is 4.72. The van der Waals surface area contributed by atoms with Gasteiger partial charge in [-0.3, -0.25) is 9.78 Å². The molecule has 2 aromatic rings. The summed E-state index contributed by atoms with van der Waals surface area (Å²) in [6.45, 7) is 1.73. The number of rotatable bonds is 3. The molecule has 102 valence electrons. The SMILES string of the molecule is COC(=O)c1cc(-c2cccc(C(=O)Cl)c2)cnc1C. The fraction of sp³-hybridized carbons (Fsp3) is 0.133. The third-order valence-corrected chi connectivity index (χ3v) is 3.13. The number of carbonyl (C=O) groups excluding carboxylic acids is 2. The number of aryl methyl sites for hydroxylation is 1. The number of hydrogen-bond acceptors (Lipinski definition) is 4. The normalized spacial score (nSPS) is 10.2. The Morgan fingerprint density at radius 3 is 2.60 bits per heavy atom. The minimum absolute atomic E-state index is 0.393. The minimum atomic E-state index is -0.528. The number of ether oxygens (including phenoxy) is 1. The van der Waals surface area contributed by atoms with Gasteiger partial charge in [0.15, 0.2) is 0 Å². The lowest BCUT2D eigenvalue weighted by molar-refractivity contribution is 0.0599. The lowest BCUT2D eigenvalue weighted by atomic mass is 10.0. The van der Waals surface area contributed by atoms with Crippen molar-refractivity contribution in [3.63, 3.8) is 0 Å².